The highest BCUT2D eigenvalue weighted by molar-refractivity contribution is 5.90. The molecule has 1 aromatic carbocycles. The summed E-state index contributed by atoms with van der Waals surface area (Å²) in [5.74, 6) is -3.34. The number of phenolic OH excluding ortho intramolecular Hbond substituents is 1. The highest BCUT2D eigenvalue weighted by Gasteiger charge is 2.24. The van der Waals surface area contributed by atoms with Gasteiger partial charge in [0.2, 0.25) is 5.82 Å². The third kappa shape index (κ3) is 2.65. The van der Waals surface area contributed by atoms with E-state index in [0.29, 0.717) is 29.1 Å². The van der Waals surface area contributed by atoms with Crippen LogP contribution in [-0.4, -0.2) is 30.9 Å². The summed E-state index contributed by atoms with van der Waals surface area (Å²) in [6.45, 7) is 1.85. The second-order valence-electron chi connectivity index (χ2n) is 5.46. The Morgan fingerprint density at radius 3 is 2.60 bits per heavy atom. The molecule has 0 atom stereocenters. The molecule has 0 saturated heterocycles. The average Bonchev–Trinajstić information content (AvgIpc) is 3.16. The number of aromatic nitrogens is 3. The van der Waals surface area contributed by atoms with E-state index < -0.39 is 17.4 Å². The lowest BCUT2D eigenvalue weighted by Crippen LogP contribution is -2.06. The number of halogens is 2. The highest BCUT2D eigenvalue weighted by Crippen LogP contribution is 2.31. The number of aryl methyl sites for hydroxylation is 2. The van der Waals surface area contributed by atoms with Crippen LogP contribution in [0, 0.1) is 11.6 Å². The number of benzene rings is 1. The molecule has 6 nitrogen and oxygen atoms in total. The van der Waals surface area contributed by atoms with Gasteiger partial charge in [-0.1, -0.05) is 12.1 Å². The van der Waals surface area contributed by atoms with Crippen LogP contribution in [0.5, 0.6) is 5.75 Å². The first-order valence-corrected chi connectivity index (χ1v) is 7.57. The first-order chi connectivity index (χ1) is 12.0. The Morgan fingerprint density at radius 2 is 2.00 bits per heavy atom. The van der Waals surface area contributed by atoms with E-state index in [4.69, 9.17) is 5.21 Å². The molecule has 0 radical (unpaired) electrons. The summed E-state index contributed by atoms with van der Waals surface area (Å²) in [5.41, 5.74) is 2.03. The van der Waals surface area contributed by atoms with Crippen molar-refractivity contribution in [3.63, 3.8) is 0 Å². The summed E-state index contributed by atoms with van der Waals surface area (Å²) in [5, 5.41) is 25.8. The molecular weight excluding hydrogens is 330 g/mol. The molecule has 0 aliphatic carbocycles. The molecule has 3 aromatic rings. The third-order valence-corrected chi connectivity index (χ3v) is 3.98. The van der Waals surface area contributed by atoms with Gasteiger partial charge in [0.05, 0.1) is 23.3 Å². The van der Waals surface area contributed by atoms with Crippen LogP contribution < -0.4 is 0 Å². The van der Waals surface area contributed by atoms with Gasteiger partial charge in [0.15, 0.2) is 11.6 Å². The van der Waals surface area contributed by atoms with Gasteiger partial charge in [-0.05, 0) is 30.7 Å². The second kappa shape index (κ2) is 6.39. The molecule has 130 valence electrons. The topological polar surface area (TPSA) is 75.6 Å². The molecule has 8 heteroatoms. The van der Waals surface area contributed by atoms with Gasteiger partial charge < -0.3 is 14.9 Å². The van der Waals surface area contributed by atoms with Crippen molar-refractivity contribution in [2.24, 2.45) is 12.2 Å². The fraction of sp³-hybridized carbons (Fsp3) is 0.176. The van der Waals surface area contributed by atoms with E-state index in [-0.39, 0.29) is 5.69 Å². The fourth-order valence-corrected chi connectivity index (χ4v) is 2.75. The van der Waals surface area contributed by atoms with Crippen molar-refractivity contribution >= 4 is 6.21 Å². The van der Waals surface area contributed by atoms with Gasteiger partial charge in [-0.15, -0.1) is 0 Å². The Bertz CT molecular complexity index is 960. The lowest BCUT2D eigenvalue weighted by Gasteiger charge is -2.11. The lowest BCUT2D eigenvalue weighted by atomic mass is 10.1. The highest BCUT2D eigenvalue weighted by atomic mass is 19.2. The Labute approximate surface area is 142 Å². The summed E-state index contributed by atoms with van der Waals surface area (Å²) in [7, 11) is 1.80. The fourth-order valence-electron chi connectivity index (χ4n) is 2.75. The molecule has 0 aliphatic rings. The zero-order chi connectivity index (χ0) is 18.1. The van der Waals surface area contributed by atoms with Crippen LogP contribution >= 0.6 is 0 Å². The van der Waals surface area contributed by atoms with Gasteiger partial charge in [-0.3, -0.25) is 0 Å². The molecule has 2 N–H and O–H groups in total. The maximum atomic E-state index is 14.4. The summed E-state index contributed by atoms with van der Waals surface area (Å²) in [6.07, 6.45) is 3.51. The van der Waals surface area contributed by atoms with Crippen LogP contribution in [0.2, 0.25) is 0 Å². The van der Waals surface area contributed by atoms with E-state index >= 15 is 0 Å². The smallest absolute Gasteiger partial charge is 0.202 e. The number of aromatic hydroxyl groups is 1. The van der Waals surface area contributed by atoms with Crippen molar-refractivity contribution < 1.29 is 19.1 Å². The molecule has 0 bridgehead atoms. The van der Waals surface area contributed by atoms with E-state index in [1.54, 1.807) is 29.9 Å². The summed E-state index contributed by atoms with van der Waals surface area (Å²) >= 11 is 0. The van der Waals surface area contributed by atoms with Crippen LogP contribution in [0.15, 0.2) is 35.6 Å². The molecule has 0 spiro atoms. The molecule has 0 fully saturated rings. The van der Waals surface area contributed by atoms with Gasteiger partial charge in [-0.25, -0.2) is 9.07 Å². The second-order valence-corrected chi connectivity index (χ2v) is 5.46. The lowest BCUT2D eigenvalue weighted by molar-refractivity contribution is 0.322. The minimum Gasteiger partial charge on any atom is -0.505 e. The van der Waals surface area contributed by atoms with Crippen LogP contribution in [0.3, 0.4) is 0 Å². The van der Waals surface area contributed by atoms with Crippen molar-refractivity contribution in [3.05, 3.63) is 53.4 Å². The van der Waals surface area contributed by atoms with Crippen molar-refractivity contribution in [3.8, 4) is 22.8 Å². The molecule has 25 heavy (non-hydrogen) atoms. The van der Waals surface area contributed by atoms with Gasteiger partial charge in [-0.2, -0.15) is 9.49 Å². The predicted octanol–water partition coefficient (Wildman–Crippen LogP) is 3.23. The molecule has 0 aliphatic heterocycles. The summed E-state index contributed by atoms with van der Waals surface area (Å²) in [4.78, 5) is 0. The molecule has 0 saturated carbocycles. The first-order valence-electron chi connectivity index (χ1n) is 7.57. The largest absolute Gasteiger partial charge is 0.505 e. The average molecular weight is 346 g/mol. The third-order valence-electron chi connectivity index (χ3n) is 3.98. The van der Waals surface area contributed by atoms with Gasteiger partial charge in [0, 0.05) is 18.8 Å². The normalized spacial score (nSPS) is 11.5. The quantitative estimate of drug-likeness (QED) is 0.433. The van der Waals surface area contributed by atoms with Gasteiger partial charge >= 0.3 is 0 Å². The molecular formula is C17H16F2N4O2. The van der Waals surface area contributed by atoms with E-state index in [0.717, 1.165) is 6.07 Å². The van der Waals surface area contributed by atoms with E-state index in [9.17, 15) is 13.9 Å². The molecule has 2 heterocycles. The number of phenols is 1. The van der Waals surface area contributed by atoms with Gasteiger partial charge in [0.1, 0.15) is 5.69 Å². The summed E-state index contributed by atoms with van der Waals surface area (Å²) < 4.78 is 31.3. The SMILES string of the molecule is CCc1nn(-c2ccc(O)c(F)c2F)c(-c2cccn2C)c1/C=N/O. The Balaban J connectivity index is 2.38. The van der Waals surface area contributed by atoms with Crippen LogP contribution in [0.4, 0.5) is 8.78 Å². The number of hydrogen-bond acceptors (Lipinski definition) is 4. The first kappa shape index (κ1) is 16.7. The van der Waals surface area contributed by atoms with Crippen molar-refractivity contribution in [2.75, 3.05) is 0 Å². The van der Waals surface area contributed by atoms with E-state index in [2.05, 4.69) is 10.3 Å². The molecule has 0 amide bonds. The van der Waals surface area contributed by atoms with E-state index in [1.165, 1.54) is 17.0 Å². The van der Waals surface area contributed by atoms with Crippen LogP contribution in [0.1, 0.15) is 18.2 Å². The Morgan fingerprint density at radius 1 is 1.24 bits per heavy atom. The van der Waals surface area contributed by atoms with Crippen LogP contribution in [0.25, 0.3) is 17.1 Å². The number of oxime groups is 1. The minimum atomic E-state index is -1.35. The van der Waals surface area contributed by atoms with Gasteiger partial charge in [0.25, 0.3) is 0 Å². The van der Waals surface area contributed by atoms with Crippen molar-refractivity contribution in [1.82, 2.24) is 14.3 Å². The zero-order valence-corrected chi connectivity index (χ0v) is 13.6. The molecule has 0 unspecified atom stereocenters. The standard InChI is InChI=1S/C17H16F2N4O2/c1-3-11-10(9-20-25)17(13-5-4-8-22(13)2)23(21-11)12-6-7-14(24)16(19)15(12)18/h4-9,24-25H,3H2,1-2H3/b20-9+. The molecule has 2 aromatic heterocycles. The Kier molecular flexibility index (Phi) is 4.26. The van der Waals surface area contributed by atoms with Crippen molar-refractivity contribution in [2.45, 2.75) is 13.3 Å². The Hall–Kier alpha value is -3.16. The molecule has 3 rings (SSSR count). The number of hydrogen-bond donors (Lipinski definition) is 2. The van der Waals surface area contributed by atoms with E-state index in [1.807, 2.05) is 6.92 Å². The maximum Gasteiger partial charge on any atom is 0.202 e. The van der Waals surface area contributed by atoms with Crippen LogP contribution in [-0.2, 0) is 13.5 Å². The predicted molar refractivity (Wildman–Crippen MR) is 88.3 cm³/mol. The summed E-state index contributed by atoms with van der Waals surface area (Å²) in [6, 6.07) is 5.89. The zero-order valence-electron chi connectivity index (χ0n) is 13.6. The number of rotatable bonds is 4. The maximum absolute atomic E-state index is 14.4. The van der Waals surface area contributed by atoms with Crippen molar-refractivity contribution in [1.29, 1.82) is 0 Å². The number of nitrogens with zero attached hydrogens (tertiary/aromatic N) is 4. The monoisotopic (exact) mass is 346 g/mol. The minimum absolute atomic E-state index is 0.154.